The average Bonchev–Trinajstić information content (AvgIpc) is 2.91. The van der Waals surface area contributed by atoms with Gasteiger partial charge in [0.25, 0.3) is 0 Å². The molecule has 3 rings (SSSR count). The van der Waals surface area contributed by atoms with Crippen molar-refractivity contribution >= 4 is 22.6 Å². The Kier molecular flexibility index (Phi) is 2.18. The average molecular weight is 227 g/mol. The van der Waals surface area contributed by atoms with Gasteiger partial charge in [-0.3, -0.25) is 4.99 Å². The van der Waals surface area contributed by atoms with Crippen molar-refractivity contribution in [2.24, 2.45) is 15.7 Å². The fraction of sp³-hybridized carbons (Fsp3) is 0.250. The van der Waals surface area contributed by atoms with Gasteiger partial charge in [0.15, 0.2) is 5.82 Å². The SMILES string of the molecule is CCn1c(C2=NCN=C2N)nc2ccccc21. The summed E-state index contributed by atoms with van der Waals surface area (Å²) in [6, 6.07) is 8.03. The number of benzene rings is 1. The van der Waals surface area contributed by atoms with E-state index in [4.69, 9.17) is 5.73 Å². The smallest absolute Gasteiger partial charge is 0.163 e. The van der Waals surface area contributed by atoms with Crippen molar-refractivity contribution in [1.29, 1.82) is 0 Å². The Bertz CT molecular complexity index is 635. The van der Waals surface area contributed by atoms with Crippen molar-refractivity contribution in [2.45, 2.75) is 13.5 Å². The molecule has 2 heterocycles. The molecule has 2 N–H and O–H groups in total. The van der Waals surface area contributed by atoms with Crippen molar-refractivity contribution in [3.63, 3.8) is 0 Å². The molecule has 2 aromatic rings. The number of fused-ring (bicyclic) bond motifs is 1. The zero-order valence-electron chi connectivity index (χ0n) is 9.59. The third-order valence-electron chi connectivity index (χ3n) is 2.90. The summed E-state index contributed by atoms with van der Waals surface area (Å²) in [5.41, 5.74) is 8.60. The molecule has 5 nitrogen and oxygen atoms in total. The number of nitrogens with two attached hydrogens (primary N) is 1. The van der Waals surface area contributed by atoms with Crippen LogP contribution < -0.4 is 5.73 Å². The first-order valence-corrected chi connectivity index (χ1v) is 5.61. The van der Waals surface area contributed by atoms with Gasteiger partial charge in [0.1, 0.15) is 18.2 Å². The Morgan fingerprint density at radius 1 is 1.29 bits per heavy atom. The molecule has 0 bridgehead atoms. The van der Waals surface area contributed by atoms with Gasteiger partial charge in [0, 0.05) is 6.54 Å². The standard InChI is InChI=1S/C12H13N5/c1-2-17-9-6-4-3-5-8(9)16-12(17)10-11(13)15-7-14-10/h3-6H,2,7H2,1H3,(H2,13,15). The van der Waals surface area contributed by atoms with Crippen LogP contribution in [0.3, 0.4) is 0 Å². The molecule has 86 valence electrons. The first-order chi connectivity index (χ1) is 8.31. The van der Waals surface area contributed by atoms with Gasteiger partial charge in [-0.25, -0.2) is 9.98 Å². The molecule has 0 radical (unpaired) electrons. The van der Waals surface area contributed by atoms with Crippen LogP contribution in [0.15, 0.2) is 34.3 Å². The molecule has 5 heteroatoms. The van der Waals surface area contributed by atoms with E-state index >= 15 is 0 Å². The molecular formula is C12H13N5. The van der Waals surface area contributed by atoms with Crippen molar-refractivity contribution in [3.05, 3.63) is 30.1 Å². The molecular weight excluding hydrogens is 214 g/mol. The number of rotatable bonds is 2. The lowest BCUT2D eigenvalue weighted by molar-refractivity contribution is 0.778. The minimum Gasteiger partial charge on any atom is -0.382 e. The van der Waals surface area contributed by atoms with E-state index in [-0.39, 0.29) is 0 Å². The van der Waals surface area contributed by atoms with Crippen LogP contribution in [-0.2, 0) is 6.54 Å². The predicted molar refractivity (Wildman–Crippen MR) is 68.4 cm³/mol. The second-order valence-corrected chi connectivity index (χ2v) is 3.86. The monoisotopic (exact) mass is 227 g/mol. The van der Waals surface area contributed by atoms with Crippen molar-refractivity contribution in [2.75, 3.05) is 6.67 Å². The zero-order valence-corrected chi connectivity index (χ0v) is 9.59. The first kappa shape index (κ1) is 10.0. The van der Waals surface area contributed by atoms with E-state index in [2.05, 4.69) is 32.5 Å². The molecule has 1 aromatic carbocycles. The number of hydrogen-bond donors (Lipinski definition) is 1. The molecule has 1 aliphatic rings. The van der Waals surface area contributed by atoms with Crippen molar-refractivity contribution in [3.8, 4) is 0 Å². The van der Waals surface area contributed by atoms with Crippen LogP contribution in [0, 0.1) is 0 Å². The Morgan fingerprint density at radius 3 is 2.82 bits per heavy atom. The molecule has 0 saturated carbocycles. The third-order valence-corrected chi connectivity index (χ3v) is 2.90. The van der Waals surface area contributed by atoms with Gasteiger partial charge >= 0.3 is 0 Å². The maximum absolute atomic E-state index is 5.82. The summed E-state index contributed by atoms with van der Waals surface area (Å²) in [4.78, 5) is 13.0. The number of para-hydroxylation sites is 2. The summed E-state index contributed by atoms with van der Waals surface area (Å²) in [6.45, 7) is 3.33. The van der Waals surface area contributed by atoms with E-state index < -0.39 is 0 Å². The molecule has 0 aliphatic carbocycles. The summed E-state index contributed by atoms with van der Waals surface area (Å²) in [7, 11) is 0. The van der Waals surface area contributed by atoms with E-state index in [9.17, 15) is 0 Å². The fourth-order valence-electron chi connectivity index (χ4n) is 2.10. The van der Waals surface area contributed by atoms with Crippen LogP contribution >= 0.6 is 0 Å². The highest BCUT2D eigenvalue weighted by atomic mass is 15.1. The zero-order chi connectivity index (χ0) is 11.8. The number of aromatic nitrogens is 2. The Hall–Kier alpha value is -2.17. The minimum absolute atomic E-state index is 0.411. The predicted octanol–water partition coefficient (Wildman–Crippen LogP) is 1.17. The van der Waals surface area contributed by atoms with Crippen LogP contribution in [0.4, 0.5) is 0 Å². The molecule has 17 heavy (non-hydrogen) atoms. The van der Waals surface area contributed by atoms with Crippen LogP contribution in [-0.4, -0.2) is 27.8 Å². The van der Waals surface area contributed by atoms with Gasteiger partial charge in [0.2, 0.25) is 0 Å². The second kappa shape index (κ2) is 3.69. The van der Waals surface area contributed by atoms with Gasteiger partial charge in [-0.05, 0) is 19.1 Å². The van der Waals surface area contributed by atoms with Crippen molar-refractivity contribution in [1.82, 2.24) is 9.55 Å². The van der Waals surface area contributed by atoms with E-state index in [1.54, 1.807) is 0 Å². The van der Waals surface area contributed by atoms with E-state index in [1.165, 1.54) is 0 Å². The lowest BCUT2D eigenvalue weighted by Gasteiger charge is -2.05. The molecule has 0 spiro atoms. The van der Waals surface area contributed by atoms with Gasteiger partial charge in [-0.1, -0.05) is 12.1 Å². The molecule has 1 aliphatic heterocycles. The normalized spacial score (nSPS) is 15.1. The van der Waals surface area contributed by atoms with Gasteiger partial charge < -0.3 is 10.3 Å². The molecule has 0 saturated heterocycles. The van der Waals surface area contributed by atoms with Gasteiger partial charge in [-0.15, -0.1) is 0 Å². The molecule has 0 unspecified atom stereocenters. The Labute approximate surface area is 98.7 Å². The summed E-state index contributed by atoms with van der Waals surface area (Å²) in [5.74, 6) is 1.29. The number of amidine groups is 1. The highest BCUT2D eigenvalue weighted by molar-refractivity contribution is 6.47. The highest BCUT2D eigenvalue weighted by Gasteiger charge is 2.19. The summed E-state index contributed by atoms with van der Waals surface area (Å²) in [5, 5.41) is 0. The Balaban J connectivity index is 2.26. The van der Waals surface area contributed by atoms with E-state index in [0.717, 1.165) is 23.4 Å². The maximum Gasteiger partial charge on any atom is 0.163 e. The lowest BCUT2D eigenvalue weighted by Crippen LogP contribution is -2.25. The minimum atomic E-state index is 0.411. The number of aliphatic imine (C=N–C) groups is 2. The van der Waals surface area contributed by atoms with Crippen molar-refractivity contribution < 1.29 is 0 Å². The second-order valence-electron chi connectivity index (χ2n) is 3.86. The summed E-state index contributed by atoms with van der Waals surface area (Å²) < 4.78 is 2.11. The fourth-order valence-corrected chi connectivity index (χ4v) is 2.10. The van der Waals surface area contributed by atoms with Crippen LogP contribution in [0.25, 0.3) is 11.0 Å². The quantitative estimate of drug-likeness (QED) is 0.836. The number of imidazole rings is 1. The molecule has 1 aromatic heterocycles. The van der Waals surface area contributed by atoms with Gasteiger partial charge in [-0.2, -0.15) is 0 Å². The van der Waals surface area contributed by atoms with Crippen LogP contribution in [0.5, 0.6) is 0 Å². The molecule has 0 atom stereocenters. The molecule has 0 fully saturated rings. The largest absolute Gasteiger partial charge is 0.382 e. The Morgan fingerprint density at radius 2 is 2.12 bits per heavy atom. The first-order valence-electron chi connectivity index (χ1n) is 5.61. The summed E-state index contributed by atoms with van der Waals surface area (Å²) in [6.07, 6.45) is 0. The van der Waals surface area contributed by atoms with Gasteiger partial charge in [0.05, 0.1) is 11.0 Å². The number of aryl methyl sites for hydroxylation is 1. The van der Waals surface area contributed by atoms with E-state index in [0.29, 0.717) is 18.2 Å². The highest BCUT2D eigenvalue weighted by Crippen LogP contribution is 2.17. The molecule has 0 amide bonds. The lowest BCUT2D eigenvalue weighted by atomic mass is 10.3. The van der Waals surface area contributed by atoms with Crippen LogP contribution in [0.1, 0.15) is 12.7 Å². The number of hydrogen-bond acceptors (Lipinski definition) is 4. The number of nitrogens with zero attached hydrogens (tertiary/aromatic N) is 4. The summed E-state index contributed by atoms with van der Waals surface area (Å²) >= 11 is 0. The van der Waals surface area contributed by atoms with E-state index in [1.807, 2.05) is 18.2 Å². The van der Waals surface area contributed by atoms with Crippen LogP contribution in [0.2, 0.25) is 0 Å². The maximum atomic E-state index is 5.82. The topological polar surface area (TPSA) is 68.6 Å². The third kappa shape index (κ3) is 1.43.